The number of nitrogens with zero attached hydrogens (tertiary/aromatic N) is 2. The molecule has 0 aliphatic heterocycles. The summed E-state index contributed by atoms with van der Waals surface area (Å²) in [4.78, 5) is 30.6. The molecule has 2 amide bonds. The van der Waals surface area contributed by atoms with Gasteiger partial charge in [-0.15, -0.1) is 0 Å². The van der Waals surface area contributed by atoms with Crippen LogP contribution in [0, 0.1) is 6.92 Å². The van der Waals surface area contributed by atoms with Gasteiger partial charge in [0.15, 0.2) is 0 Å². The van der Waals surface area contributed by atoms with Crippen LogP contribution in [0.3, 0.4) is 0 Å². The summed E-state index contributed by atoms with van der Waals surface area (Å²) in [7, 11) is 1.34. The number of anilines is 1. The van der Waals surface area contributed by atoms with E-state index in [1.165, 1.54) is 7.11 Å². The van der Waals surface area contributed by atoms with Crippen LogP contribution in [-0.2, 0) is 11.3 Å². The van der Waals surface area contributed by atoms with Gasteiger partial charge in [0.25, 0.3) is 0 Å². The molecule has 1 fully saturated rings. The molecular formula is C19H21N3O3. The van der Waals surface area contributed by atoms with E-state index in [1.807, 2.05) is 25.1 Å². The first-order valence-corrected chi connectivity index (χ1v) is 8.25. The highest BCUT2D eigenvalue weighted by Gasteiger charge is 2.33. The number of aromatic nitrogens is 1. The second-order valence-corrected chi connectivity index (χ2v) is 6.13. The van der Waals surface area contributed by atoms with Crippen molar-refractivity contribution in [1.29, 1.82) is 0 Å². The number of nitrogens with one attached hydrogen (secondary N) is 1. The molecule has 6 nitrogen and oxygen atoms in total. The third-order valence-electron chi connectivity index (χ3n) is 4.21. The number of carbonyl (C=O) groups excluding carboxylic acids is 2. The summed E-state index contributed by atoms with van der Waals surface area (Å²) >= 11 is 0. The molecular weight excluding hydrogens is 318 g/mol. The zero-order valence-electron chi connectivity index (χ0n) is 14.4. The third kappa shape index (κ3) is 4.15. The van der Waals surface area contributed by atoms with Gasteiger partial charge in [-0.1, -0.05) is 12.1 Å². The van der Waals surface area contributed by atoms with Crippen LogP contribution < -0.4 is 5.32 Å². The highest BCUT2D eigenvalue weighted by Crippen LogP contribution is 2.29. The molecule has 0 unspecified atom stereocenters. The van der Waals surface area contributed by atoms with E-state index in [0.29, 0.717) is 17.8 Å². The van der Waals surface area contributed by atoms with Crippen molar-refractivity contribution in [2.24, 2.45) is 0 Å². The Kier molecular flexibility index (Phi) is 4.97. The highest BCUT2D eigenvalue weighted by molar-refractivity contribution is 5.94. The first-order chi connectivity index (χ1) is 12.1. The number of benzene rings is 1. The summed E-state index contributed by atoms with van der Waals surface area (Å²) in [5.74, 6) is -0.428. The Morgan fingerprint density at radius 3 is 2.72 bits per heavy atom. The number of hydrogen-bond acceptors (Lipinski definition) is 4. The fourth-order valence-electron chi connectivity index (χ4n) is 2.61. The largest absolute Gasteiger partial charge is 0.465 e. The monoisotopic (exact) mass is 339 g/mol. The minimum absolute atomic E-state index is 0.182. The molecule has 1 saturated carbocycles. The van der Waals surface area contributed by atoms with Crippen LogP contribution in [0.15, 0.2) is 42.6 Å². The first kappa shape index (κ1) is 17.0. The maximum Gasteiger partial charge on any atom is 0.337 e. The van der Waals surface area contributed by atoms with Crippen LogP contribution in [0.25, 0.3) is 0 Å². The van der Waals surface area contributed by atoms with Gasteiger partial charge >= 0.3 is 12.0 Å². The van der Waals surface area contributed by atoms with E-state index in [-0.39, 0.29) is 12.1 Å². The van der Waals surface area contributed by atoms with Crippen molar-refractivity contribution in [3.63, 3.8) is 0 Å². The van der Waals surface area contributed by atoms with Gasteiger partial charge in [0.05, 0.1) is 24.9 Å². The normalized spacial score (nSPS) is 13.2. The summed E-state index contributed by atoms with van der Waals surface area (Å²) in [5, 5.41) is 2.92. The van der Waals surface area contributed by atoms with Gasteiger partial charge in [-0.2, -0.15) is 0 Å². The Balaban J connectivity index is 1.76. The number of rotatable bonds is 5. The summed E-state index contributed by atoms with van der Waals surface area (Å²) in [6.45, 7) is 2.35. The number of esters is 1. The lowest BCUT2D eigenvalue weighted by atomic mass is 10.1. The van der Waals surface area contributed by atoms with E-state index in [0.717, 1.165) is 24.1 Å². The van der Waals surface area contributed by atoms with E-state index < -0.39 is 5.97 Å². The Morgan fingerprint density at radius 2 is 2.08 bits per heavy atom. The number of aryl methyl sites for hydroxylation is 1. The second-order valence-electron chi connectivity index (χ2n) is 6.13. The zero-order chi connectivity index (χ0) is 17.8. The molecule has 130 valence electrons. The summed E-state index contributed by atoms with van der Waals surface area (Å²) in [5.41, 5.74) is 2.75. The molecule has 0 bridgehead atoms. The number of urea groups is 1. The molecule has 0 saturated heterocycles. The molecule has 1 aromatic carbocycles. The van der Waals surface area contributed by atoms with Crippen molar-refractivity contribution < 1.29 is 14.3 Å². The lowest BCUT2D eigenvalue weighted by molar-refractivity contribution is 0.0600. The molecule has 1 aliphatic carbocycles. The molecule has 1 aliphatic rings. The smallest absolute Gasteiger partial charge is 0.337 e. The molecule has 1 N–H and O–H groups in total. The maximum atomic E-state index is 12.8. The van der Waals surface area contributed by atoms with Crippen LogP contribution in [0.2, 0.25) is 0 Å². The van der Waals surface area contributed by atoms with Crippen LogP contribution in [-0.4, -0.2) is 35.0 Å². The second kappa shape index (κ2) is 7.34. The average Bonchev–Trinajstić information content (AvgIpc) is 3.46. The first-order valence-electron chi connectivity index (χ1n) is 8.25. The van der Waals surface area contributed by atoms with Crippen LogP contribution >= 0.6 is 0 Å². The molecule has 2 aromatic rings. The van der Waals surface area contributed by atoms with Gasteiger partial charge in [0.1, 0.15) is 0 Å². The molecule has 0 radical (unpaired) electrons. The van der Waals surface area contributed by atoms with E-state index in [4.69, 9.17) is 4.74 Å². The quantitative estimate of drug-likeness (QED) is 0.848. The summed E-state index contributed by atoms with van der Waals surface area (Å²) < 4.78 is 4.74. The number of methoxy groups -OCH3 is 1. The van der Waals surface area contributed by atoms with Gasteiger partial charge in [-0.3, -0.25) is 4.98 Å². The van der Waals surface area contributed by atoms with Crippen molar-refractivity contribution >= 4 is 17.7 Å². The molecule has 1 aromatic heterocycles. The zero-order valence-corrected chi connectivity index (χ0v) is 14.4. The maximum absolute atomic E-state index is 12.8. The van der Waals surface area contributed by atoms with E-state index in [9.17, 15) is 9.59 Å². The Morgan fingerprint density at radius 1 is 1.28 bits per heavy atom. The van der Waals surface area contributed by atoms with Gasteiger partial charge in [-0.25, -0.2) is 9.59 Å². The van der Waals surface area contributed by atoms with Crippen molar-refractivity contribution in [3.8, 4) is 0 Å². The Hall–Kier alpha value is -2.89. The predicted octanol–water partition coefficient (Wildman–Crippen LogP) is 3.37. The van der Waals surface area contributed by atoms with E-state index >= 15 is 0 Å². The molecule has 3 rings (SSSR count). The van der Waals surface area contributed by atoms with Crippen molar-refractivity contribution in [2.45, 2.75) is 32.4 Å². The van der Waals surface area contributed by atoms with E-state index in [1.54, 1.807) is 29.3 Å². The summed E-state index contributed by atoms with van der Waals surface area (Å²) in [6.07, 6.45) is 3.73. The number of pyridine rings is 1. The number of amides is 2. The van der Waals surface area contributed by atoms with Gasteiger partial charge < -0.3 is 15.0 Å². The molecule has 0 spiro atoms. The lowest BCUT2D eigenvalue weighted by Gasteiger charge is -2.23. The Bertz CT molecular complexity index is 773. The van der Waals surface area contributed by atoms with E-state index in [2.05, 4.69) is 10.3 Å². The van der Waals surface area contributed by atoms with Crippen molar-refractivity contribution in [1.82, 2.24) is 9.88 Å². The van der Waals surface area contributed by atoms with Crippen molar-refractivity contribution in [2.75, 3.05) is 12.4 Å². The average molecular weight is 339 g/mol. The van der Waals surface area contributed by atoms with Crippen LogP contribution in [0.5, 0.6) is 0 Å². The highest BCUT2D eigenvalue weighted by atomic mass is 16.5. The number of ether oxygens (including phenoxy) is 1. The van der Waals surface area contributed by atoms with Gasteiger partial charge in [0.2, 0.25) is 0 Å². The van der Waals surface area contributed by atoms with Crippen molar-refractivity contribution in [3.05, 3.63) is 59.4 Å². The van der Waals surface area contributed by atoms with Gasteiger partial charge in [-0.05, 0) is 49.6 Å². The molecule has 25 heavy (non-hydrogen) atoms. The minimum atomic E-state index is -0.428. The van der Waals surface area contributed by atoms with Crippen LogP contribution in [0.1, 0.15) is 34.5 Å². The minimum Gasteiger partial charge on any atom is -0.465 e. The standard InChI is InChI=1S/C19H21N3O3/c1-13-6-7-14(18(23)25-2)11-17(13)21-19(24)22(16-8-9-16)12-15-5-3-4-10-20-15/h3-7,10-11,16H,8-9,12H2,1-2H3,(H,21,24). The predicted molar refractivity (Wildman–Crippen MR) is 94.3 cm³/mol. The SMILES string of the molecule is COC(=O)c1ccc(C)c(NC(=O)N(Cc2ccccn2)C2CC2)c1. The molecule has 6 heteroatoms. The number of hydrogen-bond donors (Lipinski definition) is 1. The third-order valence-corrected chi connectivity index (χ3v) is 4.21. The lowest BCUT2D eigenvalue weighted by Crippen LogP contribution is -2.36. The fourth-order valence-corrected chi connectivity index (χ4v) is 2.61. The summed E-state index contributed by atoms with van der Waals surface area (Å²) in [6, 6.07) is 10.9. The molecule has 1 heterocycles. The Labute approximate surface area is 146 Å². The number of carbonyl (C=O) groups is 2. The topological polar surface area (TPSA) is 71.5 Å². The van der Waals surface area contributed by atoms with Gasteiger partial charge in [0, 0.05) is 17.9 Å². The fraction of sp³-hybridized carbons (Fsp3) is 0.316. The molecule has 0 atom stereocenters. The van der Waals surface area contributed by atoms with Crippen LogP contribution in [0.4, 0.5) is 10.5 Å².